The van der Waals surface area contributed by atoms with Crippen LogP contribution in [0, 0.1) is 0 Å². The number of nitrogens with one attached hydrogen (secondary N) is 1. The van der Waals surface area contributed by atoms with Crippen LogP contribution in [0.4, 0.5) is 17.1 Å². The summed E-state index contributed by atoms with van der Waals surface area (Å²) in [7, 11) is 0. The molecule has 0 unspecified atom stereocenters. The third-order valence-electron chi connectivity index (χ3n) is 4.20. The lowest BCUT2D eigenvalue weighted by Gasteiger charge is -2.28. The Kier molecular flexibility index (Phi) is 6.66. The highest BCUT2D eigenvalue weighted by atomic mass is 16.5. The zero-order valence-electron chi connectivity index (χ0n) is 15.5. The Bertz CT molecular complexity index is 806. The van der Waals surface area contributed by atoms with Crippen molar-refractivity contribution in [3.63, 3.8) is 0 Å². The van der Waals surface area contributed by atoms with Crippen LogP contribution in [0.15, 0.2) is 53.6 Å². The average Bonchev–Trinajstić information content (AvgIpc) is 2.74. The van der Waals surface area contributed by atoms with Gasteiger partial charge in [0.15, 0.2) is 6.61 Å². The molecule has 1 aliphatic rings. The Morgan fingerprint density at radius 3 is 2.71 bits per heavy atom. The second kappa shape index (κ2) is 9.58. The fourth-order valence-electron chi connectivity index (χ4n) is 2.80. The molecule has 0 bridgehead atoms. The third kappa shape index (κ3) is 5.35. The van der Waals surface area contributed by atoms with Crippen molar-refractivity contribution in [1.82, 2.24) is 0 Å². The van der Waals surface area contributed by atoms with Gasteiger partial charge in [-0.15, -0.1) is 0 Å². The lowest BCUT2D eigenvalue weighted by molar-refractivity contribution is -0.118. The molecule has 9 nitrogen and oxygen atoms in total. The van der Waals surface area contributed by atoms with Gasteiger partial charge < -0.3 is 25.5 Å². The first kappa shape index (κ1) is 19.5. The zero-order valence-corrected chi connectivity index (χ0v) is 15.5. The van der Waals surface area contributed by atoms with E-state index in [2.05, 4.69) is 15.3 Å². The highest BCUT2D eigenvalue weighted by molar-refractivity contribution is 5.92. The first-order valence-electron chi connectivity index (χ1n) is 8.88. The molecule has 0 spiro atoms. The molecule has 148 valence electrons. The molecule has 0 aromatic heterocycles. The maximum absolute atomic E-state index is 12.2. The first-order valence-corrected chi connectivity index (χ1v) is 8.88. The summed E-state index contributed by atoms with van der Waals surface area (Å²) in [5.41, 5.74) is 2.46. The van der Waals surface area contributed by atoms with E-state index >= 15 is 0 Å². The van der Waals surface area contributed by atoms with Gasteiger partial charge in [0.05, 0.1) is 18.9 Å². The maximum atomic E-state index is 12.2. The second-order valence-corrected chi connectivity index (χ2v) is 6.15. The molecule has 0 aliphatic carbocycles. The summed E-state index contributed by atoms with van der Waals surface area (Å²) < 4.78 is 10.9. The third-order valence-corrected chi connectivity index (χ3v) is 4.20. The van der Waals surface area contributed by atoms with E-state index in [4.69, 9.17) is 21.2 Å². The topological polar surface area (TPSA) is 118 Å². The van der Waals surface area contributed by atoms with Gasteiger partial charge in [-0.1, -0.05) is 6.07 Å². The predicted octanol–water partition coefficient (Wildman–Crippen LogP) is 1.12. The van der Waals surface area contributed by atoms with Crippen molar-refractivity contribution >= 4 is 29.3 Å². The van der Waals surface area contributed by atoms with Gasteiger partial charge in [-0.3, -0.25) is 9.80 Å². The van der Waals surface area contributed by atoms with E-state index in [0.29, 0.717) is 17.1 Å². The van der Waals surface area contributed by atoms with E-state index in [1.54, 1.807) is 24.3 Å². The number of morpholine rings is 1. The summed E-state index contributed by atoms with van der Waals surface area (Å²) >= 11 is 0. The minimum Gasteiger partial charge on any atom is -0.484 e. The highest BCUT2D eigenvalue weighted by Crippen LogP contribution is 2.20. The molecule has 0 saturated carbocycles. The number of hydrazine groups is 1. The molecule has 5 N–H and O–H groups in total. The van der Waals surface area contributed by atoms with Crippen molar-refractivity contribution in [2.75, 3.05) is 48.1 Å². The number of rotatable bonds is 7. The quantitative estimate of drug-likeness (QED) is 0.283. The van der Waals surface area contributed by atoms with Gasteiger partial charge in [0, 0.05) is 30.5 Å². The summed E-state index contributed by atoms with van der Waals surface area (Å²) in [4.78, 5) is 14.4. The van der Waals surface area contributed by atoms with Crippen LogP contribution in [0.3, 0.4) is 0 Å². The van der Waals surface area contributed by atoms with E-state index in [1.807, 2.05) is 24.3 Å². The van der Waals surface area contributed by atoms with Gasteiger partial charge in [0.2, 0.25) is 0 Å². The van der Waals surface area contributed by atoms with Crippen molar-refractivity contribution in [3.05, 3.63) is 48.5 Å². The predicted molar refractivity (Wildman–Crippen MR) is 109 cm³/mol. The summed E-state index contributed by atoms with van der Waals surface area (Å²) in [6, 6.07) is 14.7. The zero-order chi connectivity index (χ0) is 19.8. The van der Waals surface area contributed by atoms with Crippen LogP contribution in [-0.4, -0.2) is 45.2 Å². The molecule has 1 heterocycles. The number of amides is 1. The number of carbonyl (C=O) groups excluding carboxylic acids is 1. The minimum atomic E-state index is -0.252. The lowest BCUT2D eigenvalue weighted by Crippen LogP contribution is -2.36. The van der Waals surface area contributed by atoms with Crippen LogP contribution in [0.1, 0.15) is 0 Å². The van der Waals surface area contributed by atoms with Gasteiger partial charge in [0.1, 0.15) is 12.1 Å². The fourth-order valence-corrected chi connectivity index (χ4v) is 2.80. The van der Waals surface area contributed by atoms with Gasteiger partial charge in [-0.2, -0.15) is 5.10 Å². The molecule has 1 saturated heterocycles. The number of hydrogen-bond donors (Lipinski definition) is 3. The van der Waals surface area contributed by atoms with Crippen LogP contribution in [0.5, 0.6) is 5.75 Å². The van der Waals surface area contributed by atoms with E-state index in [-0.39, 0.29) is 12.5 Å². The Balaban J connectivity index is 1.51. The van der Waals surface area contributed by atoms with Crippen LogP contribution < -0.4 is 31.6 Å². The lowest BCUT2D eigenvalue weighted by atomic mass is 10.2. The number of nitrogens with two attached hydrogens (primary N) is 2. The molecule has 0 atom stereocenters. The average molecular weight is 384 g/mol. The van der Waals surface area contributed by atoms with Gasteiger partial charge >= 0.3 is 0 Å². The van der Waals surface area contributed by atoms with E-state index in [1.165, 1.54) is 11.3 Å². The summed E-state index contributed by atoms with van der Waals surface area (Å²) in [6.07, 6.45) is 1.27. The number of hydrazone groups is 1. The minimum absolute atomic E-state index is 0.121. The van der Waals surface area contributed by atoms with E-state index < -0.39 is 0 Å². The molecule has 1 amide bonds. The summed E-state index contributed by atoms with van der Waals surface area (Å²) in [6.45, 7) is 3.09. The van der Waals surface area contributed by atoms with Crippen LogP contribution in [-0.2, 0) is 9.53 Å². The van der Waals surface area contributed by atoms with Crippen molar-refractivity contribution in [2.24, 2.45) is 16.8 Å². The Hall–Kier alpha value is -3.30. The van der Waals surface area contributed by atoms with Crippen molar-refractivity contribution in [2.45, 2.75) is 0 Å². The Morgan fingerprint density at radius 1 is 1.25 bits per heavy atom. The van der Waals surface area contributed by atoms with E-state index in [9.17, 15) is 4.79 Å². The number of anilines is 3. The number of nitrogens with zero attached hydrogens (tertiary/aromatic N) is 3. The van der Waals surface area contributed by atoms with Gasteiger partial charge in [-0.05, 0) is 36.4 Å². The number of ether oxygens (including phenoxy) is 2. The molecular formula is C19H24N6O3. The maximum Gasteiger partial charge on any atom is 0.262 e. The number of hydrogen-bond acceptors (Lipinski definition) is 7. The van der Waals surface area contributed by atoms with Crippen molar-refractivity contribution < 1.29 is 14.3 Å². The normalized spacial score (nSPS) is 14.1. The first-order chi connectivity index (χ1) is 13.7. The Labute approximate surface area is 163 Å². The van der Waals surface area contributed by atoms with Gasteiger partial charge in [0.25, 0.3) is 5.91 Å². The molecule has 9 heteroatoms. The van der Waals surface area contributed by atoms with E-state index in [0.717, 1.165) is 32.0 Å². The Morgan fingerprint density at radius 2 is 2.00 bits per heavy atom. The van der Waals surface area contributed by atoms with Crippen molar-refractivity contribution in [3.8, 4) is 5.75 Å². The SMILES string of the molecule is N/N=C\N(N)c1cccc(OCC(=O)Nc2ccc(N3CCOCC3)cc2)c1. The molecule has 2 aromatic rings. The molecule has 2 aromatic carbocycles. The highest BCUT2D eigenvalue weighted by Gasteiger charge is 2.11. The monoisotopic (exact) mass is 384 g/mol. The van der Waals surface area contributed by atoms with Crippen LogP contribution in [0.2, 0.25) is 0 Å². The summed E-state index contributed by atoms with van der Waals surface area (Å²) in [5, 5.41) is 7.43. The van der Waals surface area contributed by atoms with Gasteiger partial charge in [-0.25, -0.2) is 5.84 Å². The molecule has 0 radical (unpaired) electrons. The summed E-state index contributed by atoms with van der Waals surface area (Å²) in [5.74, 6) is 11.1. The fraction of sp³-hybridized carbons (Fsp3) is 0.263. The van der Waals surface area contributed by atoms with Crippen molar-refractivity contribution in [1.29, 1.82) is 0 Å². The molecular weight excluding hydrogens is 360 g/mol. The molecule has 1 fully saturated rings. The molecule has 3 rings (SSSR count). The smallest absolute Gasteiger partial charge is 0.262 e. The largest absolute Gasteiger partial charge is 0.484 e. The number of carbonyl (C=O) groups is 1. The van der Waals surface area contributed by atoms with Crippen LogP contribution in [0.25, 0.3) is 0 Å². The molecule has 1 aliphatic heterocycles. The number of benzene rings is 2. The van der Waals surface area contributed by atoms with Crippen LogP contribution >= 0.6 is 0 Å². The second-order valence-electron chi connectivity index (χ2n) is 6.15. The molecule has 28 heavy (non-hydrogen) atoms. The standard InChI is InChI=1S/C19H24N6O3/c20-22-14-25(21)17-2-1-3-18(12-17)28-13-19(26)23-15-4-6-16(7-5-15)24-8-10-27-11-9-24/h1-7,12,14H,8-11,13,20-21H2,(H,23,26)/b22-14-.